The molecule has 0 aromatic heterocycles. The van der Waals surface area contributed by atoms with Crippen LogP contribution in [0, 0.1) is 5.82 Å². The van der Waals surface area contributed by atoms with Crippen molar-refractivity contribution < 1.29 is 13.9 Å². The number of carbonyl (C=O) groups is 1. The Morgan fingerprint density at radius 2 is 1.95 bits per heavy atom. The summed E-state index contributed by atoms with van der Waals surface area (Å²) in [5.41, 5.74) is 0.654. The maximum Gasteiger partial charge on any atom is 0.256 e. The standard InChI is InChI=1S/C16H15ClFNO2/c1-10(11-6-3-4-9-14(11)21-2)19-16(20)15-12(17)7-5-8-13(15)18/h3-10H,1-2H3,(H,19,20)/t10-/m0/s1. The maximum atomic E-state index is 13.7. The molecule has 1 atom stereocenters. The Morgan fingerprint density at radius 1 is 1.24 bits per heavy atom. The van der Waals surface area contributed by atoms with Crippen LogP contribution in [0.2, 0.25) is 5.02 Å². The molecule has 2 aromatic carbocycles. The quantitative estimate of drug-likeness (QED) is 0.928. The first-order valence-electron chi connectivity index (χ1n) is 6.42. The largest absolute Gasteiger partial charge is 0.496 e. The number of carbonyl (C=O) groups excluding carboxylic acids is 1. The van der Waals surface area contributed by atoms with Gasteiger partial charge in [-0.3, -0.25) is 4.79 Å². The zero-order chi connectivity index (χ0) is 15.4. The predicted molar refractivity (Wildman–Crippen MR) is 80.3 cm³/mol. The zero-order valence-corrected chi connectivity index (χ0v) is 12.4. The van der Waals surface area contributed by atoms with Crippen LogP contribution in [0.1, 0.15) is 28.9 Å². The molecule has 1 amide bonds. The second kappa shape index (κ2) is 6.59. The van der Waals surface area contributed by atoms with Crippen molar-refractivity contribution in [1.29, 1.82) is 0 Å². The minimum absolute atomic E-state index is 0.0831. The molecule has 0 unspecified atom stereocenters. The zero-order valence-electron chi connectivity index (χ0n) is 11.7. The van der Waals surface area contributed by atoms with Crippen LogP contribution in [0.5, 0.6) is 5.75 Å². The SMILES string of the molecule is COc1ccccc1[C@H](C)NC(=O)c1c(F)cccc1Cl. The fourth-order valence-corrected chi connectivity index (χ4v) is 2.33. The Balaban J connectivity index is 2.23. The molecule has 0 aliphatic heterocycles. The van der Waals surface area contributed by atoms with E-state index in [0.717, 1.165) is 5.56 Å². The second-order valence-electron chi connectivity index (χ2n) is 4.53. The summed E-state index contributed by atoms with van der Waals surface area (Å²) in [6.45, 7) is 1.80. The average molecular weight is 308 g/mol. The van der Waals surface area contributed by atoms with Crippen molar-refractivity contribution in [3.63, 3.8) is 0 Å². The van der Waals surface area contributed by atoms with E-state index in [-0.39, 0.29) is 16.6 Å². The minimum Gasteiger partial charge on any atom is -0.496 e. The third kappa shape index (κ3) is 3.34. The normalized spacial score (nSPS) is 11.8. The number of methoxy groups -OCH3 is 1. The van der Waals surface area contributed by atoms with Gasteiger partial charge in [0.25, 0.3) is 5.91 Å². The topological polar surface area (TPSA) is 38.3 Å². The van der Waals surface area contributed by atoms with Crippen LogP contribution >= 0.6 is 11.6 Å². The van der Waals surface area contributed by atoms with Gasteiger partial charge in [0.05, 0.1) is 23.7 Å². The molecule has 0 bridgehead atoms. The summed E-state index contributed by atoms with van der Waals surface area (Å²) in [6.07, 6.45) is 0. The molecule has 0 heterocycles. The van der Waals surface area contributed by atoms with Crippen molar-refractivity contribution in [2.24, 2.45) is 0 Å². The van der Waals surface area contributed by atoms with E-state index in [0.29, 0.717) is 5.75 Å². The van der Waals surface area contributed by atoms with E-state index in [1.165, 1.54) is 18.2 Å². The second-order valence-corrected chi connectivity index (χ2v) is 4.94. The van der Waals surface area contributed by atoms with Gasteiger partial charge in [0, 0.05) is 5.56 Å². The average Bonchev–Trinajstić information content (AvgIpc) is 2.46. The van der Waals surface area contributed by atoms with Gasteiger partial charge < -0.3 is 10.1 Å². The van der Waals surface area contributed by atoms with E-state index in [1.807, 2.05) is 18.2 Å². The molecule has 2 rings (SSSR count). The number of halogens is 2. The molecular formula is C16H15ClFNO2. The molecule has 1 N–H and O–H groups in total. The van der Waals surface area contributed by atoms with Crippen LogP contribution in [-0.2, 0) is 0 Å². The highest BCUT2D eigenvalue weighted by Crippen LogP contribution is 2.25. The number of hydrogen-bond donors (Lipinski definition) is 1. The first-order chi connectivity index (χ1) is 10.0. The Hall–Kier alpha value is -2.07. The molecule has 0 saturated carbocycles. The van der Waals surface area contributed by atoms with E-state index in [9.17, 15) is 9.18 Å². The molecule has 3 nitrogen and oxygen atoms in total. The Kier molecular flexibility index (Phi) is 4.81. The van der Waals surface area contributed by atoms with Crippen LogP contribution in [0.4, 0.5) is 4.39 Å². The minimum atomic E-state index is -0.646. The van der Waals surface area contributed by atoms with Crippen molar-refractivity contribution in [1.82, 2.24) is 5.32 Å². The Morgan fingerprint density at radius 3 is 2.62 bits per heavy atom. The Bertz CT molecular complexity index is 640. The van der Waals surface area contributed by atoms with Gasteiger partial charge in [-0.25, -0.2) is 4.39 Å². The summed E-state index contributed by atoms with van der Waals surface area (Å²) in [7, 11) is 1.56. The third-order valence-corrected chi connectivity index (χ3v) is 3.46. The predicted octanol–water partition coefficient (Wildman–Crippen LogP) is 3.98. The van der Waals surface area contributed by atoms with E-state index in [1.54, 1.807) is 20.1 Å². The van der Waals surface area contributed by atoms with Crippen molar-refractivity contribution >= 4 is 17.5 Å². The molecule has 0 fully saturated rings. The van der Waals surface area contributed by atoms with Gasteiger partial charge in [0.15, 0.2) is 0 Å². The molecule has 0 saturated heterocycles. The van der Waals surface area contributed by atoms with Crippen molar-refractivity contribution in [3.8, 4) is 5.75 Å². The van der Waals surface area contributed by atoms with Crippen molar-refractivity contribution in [3.05, 3.63) is 64.4 Å². The van der Waals surface area contributed by atoms with Gasteiger partial charge in [0.2, 0.25) is 0 Å². The van der Waals surface area contributed by atoms with Crippen molar-refractivity contribution in [2.75, 3.05) is 7.11 Å². The van der Waals surface area contributed by atoms with Gasteiger partial charge in [0.1, 0.15) is 11.6 Å². The van der Waals surface area contributed by atoms with Crippen LogP contribution in [0.3, 0.4) is 0 Å². The van der Waals surface area contributed by atoms with Gasteiger partial charge in [-0.1, -0.05) is 35.9 Å². The number of benzene rings is 2. The smallest absolute Gasteiger partial charge is 0.256 e. The lowest BCUT2D eigenvalue weighted by molar-refractivity contribution is 0.0935. The maximum absolute atomic E-state index is 13.7. The summed E-state index contributed by atoms with van der Waals surface area (Å²) >= 11 is 5.89. The fourth-order valence-electron chi connectivity index (χ4n) is 2.09. The molecule has 110 valence electrons. The lowest BCUT2D eigenvalue weighted by Crippen LogP contribution is -2.28. The molecule has 2 aromatic rings. The molecule has 0 spiro atoms. The third-order valence-electron chi connectivity index (χ3n) is 3.14. The number of rotatable bonds is 4. The number of ether oxygens (including phenoxy) is 1. The Labute approximate surface area is 127 Å². The number of nitrogens with one attached hydrogen (secondary N) is 1. The van der Waals surface area contributed by atoms with E-state index in [4.69, 9.17) is 16.3 Å². The molecule has 5 heteroatoms. The highest BCUT2D eigenvalue weighted by molar-refractivity contribution is 6.33. The monoisotopic (exact) mass is 307 g/mol. The van der Waals surface area contributed by atoms with Gasteiger partial charge in [-0.2, -0.15) is 0 Å². The van der Waals surface area contributed by atoms with Crippen molar-refractivity contribution in [2.45, 2.75) is 13.0 Å². The van der Waals surface area contributed by atoms with E-state index in [2.05, 4.69) is 5.32 Å². The number of para-hydroxylation sites is 1. The van der Waals surface area contributed by atoms with Crippen LogP contribution in [-0.4, -0.2) is 13.0 Å². The van der Waals surface area contributed by atoms with Crippen LogP contribution < -0.4 is 10.1 Å². The van der Waals surface area contributed by atoms with Gasteiger partial charge in [-0.15, -0.1) is 0 Å². The summed E-state index contributed by atoms with van der Waals surface area (Å²) in [6, 6.07) is 11.1. The molecule has 0 aliphatic rings. The highest BCUT2D eigenvalue weighted by atomic mass is 35.5. The lowest BCUT2D eigenvalue weighted by Gasteiger charge is -2.17. The summed E-state index contributed by atoms with van der Waals surface area (Å²) in [5, 5.41) is 2.81. The molecule has 0 radical (unpaired) electrons. The van der Waals surface area contributed by atoms with Gasteiger partial charge in [-0.05, 0) is 25.1 Å². The van der Waals surface area contributed by atoms with Crippen LogP contribution in [0.15, 0.2) is 42.5 Å². The lowest BCUT2D eigenvalue weighted by atomic mass is 10.1. The summed E-state index contributed by atoms with van der Waals surface area (Å²) in [5.74, 6) is -0.548. The van der Waals surface area contributed by atoms with Crippen LogP contribution in [0.25, 0.3) is 0 Å². The summed E-state index contributed by atoms with van der Waals surface area (Å²) < 4.78 is 19.0. The van der Waals surface area contributed by atoms with Gasteiger partial charge >= 0.3 is 0 Å². The highest BCUT2D eigenvalue weighted by Gasteiger charge is 2.19. The fraction of sp³-hybridized carbons (Fsp3) is 0.188. The number of hydrogen-bond acceptors (Lipinski definition) is 2. The summed E-state index contributed by atoms with van der Waals surface area (Å²) in [4.78, 5) is 12.2. The van der Waals surface area contributed by atoms with E-state index >= 15 is 0 Å². The number of amides is 1. The molecular weight excluding hydrogens is 293 g/mol. The molecule has 21 heavy (non-hydrogen) atoms. The molecule has 0 aliphatic carbocycles. The van der Waals surface area contributed by atoms with E-state index < -0.39 is 11.7 Å². The first kappa shape index (κ1) is 15.3. The first-order valence-corrected chi connectivity index (χ1v) is 6.80.